The molecule has 0 aliphatic carbocycles. The summed E-state index contributed by atoms with van der Waals surface area (Å²) in [5, 5.41) is 22.9. The third-order valence-electron chi connectivity index (χ3n) is 4.32. The fourth-order valence-corrected chi connectivity index (χ4v) is 2.88. The zero-order valence-electron chi connectivity index (χ0n) is 13.8. The lowest BCUT2D eigenvalue weighted by Gasteiger charge is -2.35. The number of hydrogen-bond donors (Lipinski definition) is 2. The second kappa shape index (κ2) is 6.15. The van der Waals surface area contributed by atoms with Gasteiger partial charge in [-0.15, -0.1) is 0 Å². The van der Waals surface area contributed by atoms with E-state index < -0.39 is 11.7 Å². The Balaban J connectivity index is 2.63. The van der Waals surface area contributed by atoms with Gasteiger partial charge in [0.05, 0.1) is 20.3 Å². The van der Waals surface area contributed by atoms with E-state index in [0.717, 1.165) is 10.8 Å². The number of benzene rings is 2. The summed E-state index contributed by atoms with van der Waals surface area (Å²) in [6, 6.07) is 9.43. The summed E-state index contributed by atoms with van der Waals surface area (Å²) in [4.78, 5) is 0. The Morgan fingerprint density at radius 1 is 0.909 bits per heavy atom. The van der Waals surface area contributed by atoms with Gasteiger partial charge in [0.15, 0.2) is 11.5 Å². The molecule has 120 valence electrons. The van der Waals surface area contributed by atoms with Crippen molar-refractivity contribution >= 4 is 10.8 Å². The van der Waals surface area contributed by atoms with Crippen LogP contribution in [0.3, 0.4) is 0 Å². The Labute approximate surface area is 131 Å². The SMILES string of the molecule is COc1cc2ccc([C@@](O)(C(C)C)[C@@H](C)O)cc2cc1OC. The van der Waals surface area contributed by atoms with Crippen molar-refractivity contribution < 1.29 is 19.7 Å². The van der Waals surface area contributed by atoms with Gasteiger partial charge in [-0.1, -0.05) is 26.0 Å². The molecule has 0 fully saturated rings. The van der Waals surface area contributed by atoms with Crippen LogP contribution in [-0.2, 0) is 5.60 Å². The maximum Gasteiger partial charge on any atom is 0.161 e. The zero-order valence-corrected chi connectivity index (χ0v) is 13.8. The highest BCUT2D eigenvalue weighted by Gasteiger charge is 2.38. The van der Waals surface area contributed by atoms with Crippen LogP contribution in [0.2, 0.25) is 0 Å². The second-order valence-corrected chi connectivity index (χ2v) is 5.93. The van der Waals surface area contributed by atoms with Crippen LogP contribution in [0, 0.1) is 5.92 Å². The van der Waals surface area contributed by atoms with E-state index in [-0.39, 0.29) is 5.92 Å². The van der Waals surface area contributed by atoms with Crippen LogP contribution in [0.15, 0.2) is 30.3 Å². The maximum atomic E-state index is 10.9. The van der Waals surface area contributed by atoms with Gasteiger partial charge in [0.1, 0.15) is 5.60 Å². The predicted molar refractivity (Wildman–Crippen MR) is 87.5 cm³/mol. The first-order valence-corrected chi connectivity index (χ1v) is 7.41. The third kappa shape index (κ3) is 2.64. The third-order valence-corrected chi connectivity index (χ3v) is 4.32. The Hall–Kier alpha value is -1.78. The summed E-state index contributed by atoms with van der Waals surface area (Å²) in [5.41, 5.74) is -0.598. The van der Waals surface area contributed by atoms with Crippen LogP contribution in [0.1, 0.15) is 26.3 Å². The molecule has 0 spiro atoms. The maximum absolute atomic E-state index is 10.9. The van der Waals surface area contributed by atoms with Gasteiger partial charge in [0, 0.05) is 0 Å². The number of hydrogen-bond acceptors (Lipinski definition) is 4. The van der Waals surface area contributed by atoms with E-state index in [1.807, 2.05) is 44.2 Å². The first-order chi connectivity index (χ1) is 10.3. The quantitative estimate of drug-likeness (QED) is 0.891. The minimum Gasteiger partial charge on any atom is -0.493 e. The highest BCUT2D eigenvalue weighted by Crippen LogP contribution is 2.37. The van der Waals surface area contributed by atoms with E-state index in [1.54, 1.807) is 21.1 Å². The summed E-state index contributed by atoms with van der Waals surface area (Å²) in [5.74, 6) is 1.18. The van der Waals surface area contributed by atoms with Gasteiger partial charge < -0.3 is 19.7 Å². The molecular formula is C18H24O4. The predicted octanol–water partition coefficient (Wildman–Crippen LogP) is 3.08. The summed E-state index contributed by atoms with van der Waals surface area (Å²) in [6.45, 7) is 5.40. The van der Waals surface area contributed by atoms with Crippen LogP contribution in [0.25, 0.3) is 10.8 Å². The first kappa shape index (κ1) is 16.6. The van der Waals surface area contributed by atoms with E-state index in [2.05, 4.69) is 0 Å². The van der Waals surface area contributed by atoms with Crippen LogP contribution >= 0.6 is 0 Å². The largest absolute Gasteiger partial charge is 0.493 e. The van der Waals surface area contributed by atoms with Crippen molar-refractivity contribution in [3.63, 3.8) is 0 Å². The molecule has 4 nitrogen and oxygen atoms in total. The Morgan fingerprint density at radius 3 is 1.91 bits per heavy atom. The monoisotopic (exact) mass is 304 g/mol. The topological polar surface area (TPSA) is 58.9 Å². The van der Waals surface area contributed by atoms with Gasteiger partial charge in [-0.05, 0) is 47.4 Å². The van der Waals surface area contributed by atoms with Gasteiger partial charge in [0.25, 0.3) is 0 Å². The molecule has 0 bridgehead atoms. The minimum absolute atomic E-state index is 0.120. The van der Waals surface area contributed by atoms with Crippen molar-refractivity contribution in [2.75, 3.05) is 14.2 Å². The average Bonchev–Trinajstić information content (AvgIpc) is 2.51. The average molecular weight is 304 g/mol. The molecule has 22 heavy (non-hydrogen) atoms. The van der Waals surface area contributed by atoms with E-state index in [1.165, 1.54) is 0 Å². The number of ether oxygens (including phenoxy) is 2. The number of aliphatic hydroxyl groups is 2. The molecule has 0 saturated carbocycles. The van der Waals surface area contributed by atoms with E-state index in [0.29, 0.717) is 17.1 Å². The number of aliphatic hydroxyl groups excluding tert-OH is 1. The van der Waals surface area contributed by atoms with Crippen molar-refractivity contribution in [1.82, 2.24) is 0 Å². The van der Waals surface area contributed by atoms with Crippen molar-refractivity contribution in [1.29, 1.82) is 0 Å². The summed E-state index contributed by atoms with van der Waals surface area (Å²) >= 11 is 0. The first-order valence-electron chi connectivity index (χ1n) is 7.41. The molecule has 0 amide bonds. The standard InChI is InChI=1S/C18H24O4/c1-11(2)18(20,12(3)19)15-7-6-13-9-16(21-4)17(22-5)10-14(13)8-15/h6-12,19-20H,1-5H3/t12-,18-/m1/s1. The molecule has 2 rings (SSSR count). The van der Waals surface area contributed by atoms with Gasteiger partial charge >= 0.3 is 0 Å². The van der Waals surface area contributed by atoms with Gasteiger partial charge in [-0.25, -0.2) is 0 Å². The highest BCUT2D eigenvalue weighted by molar-refractivity contribution is 5.87. The van der Waals surface area contributed by atoms with Crippen LogP contribution in [0.5, 0.6) is 11.5 Å². The molecule has 0 saturated heterocycles. The molecular weight excluding hydrogens is 280 g/mol. The molecule has 0 radical (unpaired) electrons. The van der Waals surface area contributed by atoms with Gasteiger partial charge in [0.2, 0.25) is 0 Å². The molecule has 0 aliphatic rings. The summed E-state index contributed by atoms with van der Waals surface area (Å²) < 4.78 is 10.6. The molecule has 2 aromatic carbocycles. The Morgan fingerprint density at radius 2 is 1.45 bits per heavy atom. The number of rotatable bonds is 5. The fourth-order valence-electron chi connectivity index (χ4n) is 2.88. The molecule has 0 aliphatic heterocycles. The molecule has 4 heteroatoms. The minimum atomic E-state index is -1.29. The Kier molecular flexibility index (Phi) is 4.63. The zero-order chi connectivity index (χ0) is 16.5. The molecule has 0 heterocycles. The van der Waals surface area contributed by atoms with E-state index >= 15 is 0 Å². The normalized spacial score (nSPS) is 15.6. The van der Waals surface area contributed by atoms with Crippen molar-refractivity contribution in [3.8, 4) is 11.5 Å². The molecule has 0 aromatic heterocycles. The molecule has 0 unspecified atom stereocenters. The van der Waals surface area contributed by atoms with E-state index in [9.17, 15) is 10.2 Å². The van der Waals surface area contributed by atoms with Gasteiger partial charge in [-0.3, -0.25) is 0 Å². The lowest BCUT2D eigenvalue weighted by atomic mass is 9.79. The van der Waals surface area contributed by atoms with Crippen molar-refractivity contribution in [2.45, 2.75) is 32.5 Å². The lowest BCUT2D eigenvalue weighted by molar-refractivity contribution is -0.104. The van der Waals surface area contributed by atoms with Crippen LogP contribution in [0.4, 0.5) is 0 Å². The number of methoxy groups -OCH3 is 2. The summed E-state index contributed by atoms with van der Waals surface area (Å²) in [6.07, 6.45) is -0.870. The number of fused-ring (bicyclic) bond motifs is 1. The molecule has 2 aromatic rings. The smallest absolute Gasteiger partial charge is 0.161 e. The van der Waals surface area contributed by atoms with Crippen LogP contribution in [-0.4, -0.2) is 30.5 Å². The second-order valence-electron chi connectivity index (χ2n) is 5.93. The highest BCUT2D eigenvalue weighted by atomic mass is 16.5. The van der Waals surface area contributed by atoms with Crippen molar-refractivity contribution in [2.24, 2.45) is 5.92 Å². The van der Waals surface area contributed by atoms with Crippen LogP contribution < -0.4 is 9.47 Å². The van der Waals surface area contributed by atoms with Crippen molar-refractivity contribution in [3.05, 3.63) is 35.9 Å². The Bertz CT molecular complexity index is 653. The molecule has 2 atom stereocenters. The van der Waals surface area contributed by atoms with Gasteiger partial charge in [-0.2, -0.15) is 0 Å². The lowest BCUT2D eigenvalue weighted by Crippen LogP contribution is -2.42. The molecule has 2 N–H and O–H groups in total. The van der Waals surface area contributed by atoms with E-state index in [4.69, 9.17) is 9.47 Å². The summed E-state index contributed by atoms with van der Waals surface area (Å²) in [7, 11) is 3.19. The fraction of sp³-hybridized carbons (Fsp3) is 0.444.